The van der Waals surface area contributed by atoms with E-state index < -0.39 is 0 Å². The first-order valence-corrected chi connectivity index (χ1v) is 9.92. The molecule has 160 valence electrons. The van der Waals surface area contributed by atoms with E-state index >= 15 is 0 Å². The van der Waals surface area contributed by atoms with Crippen LogP contribution in [0.3, 0.4) is 0 Å². The van der Waals surface area contributed by atoms with Crippen LogP contribution in [0.15, 0.2) is 71.3 Å². The van der Waals surface area contributed by atoms with Gasteiger partial charge >= 0.3 is 0 Å². The summed E-state index contributed by atoms with van der Waals surface area (Å²) < 4.78 is 5.06. The molecule has 0 aliphatic heterocycles. The monoisotopic (exact) mass is 420 g/mol. The Bertz CT molecular complexity index is 1050. The second kappa shape index (κ2) is 10.6. The van der Waals surface area contributed by atoms with Crippen LogP contribution >= 0.6 is 0 Å². The van der Waals surface area contributed by atoms with E-state index in [9.17, 15) is 14.4 Å². The number of furan rings is 1. The van der Waals surface area contributed by atoms with E-state index in [4.69, 9.17) is 4.42 Å². The fourth-order valence-corrected chi connectivity index (χ4v) is 2.77. The van der Waals surface area contributed by atoms with Crippen molar-refractivity contribution in [2.75, 3.05) is 29.0 Å². The van der Waals surface area contributed by atoms with Crippen molar-refractivity contribution in [3.63, 3.8) is 0 Å². The topological polar surface area (TPSA) is 112 Å². The number of rotatable bonds is 9. The number of nitrogens with one attached hydrogen (secondary N) is 4. The summed E-state index contributed by atoms with van der Waals surface area (Å²) in [6.45, 7) is 2.61. The molecule has 0 fully saturated rings. The maximum Gasteiger partial charge on any atom is 0.291 e. The van der Waals surface area contributed by atoms with Crippen molar-refractivity contribution < 1.29 is 18.8 Å². The summed E-state index contributed by atoms with van der Waals surface area (Å²) >= 11 is 0. The summed E-state index contributed by atoms with van der Waals surface area (Å²) in [4.78, 5) is 36.4. The van der Waals surface area contributed by atoms with Crippen LogP contribution in [-0.2, 0) is 4.79 Å². The maximum absolute atomic E-state index is 12.3. The molecule has 3 amide bonds. The van der Waals surface area contributed by atoms with Crippen LogP contribution in [0.25, 0.3) is 0 Å². The number of benzene rings is 2. The molecule has 0 saturated heterocycles. The highest BCUT2D eigenvalue weighted by atomic mass is 16.3. The van der Waals surface area contributed by atoms with Gasteiger partial charge < -0.3 is 25.7 Å². The van der Waals surface area contributed by atoms with Crippen LogP contribution in [-0.4, -0.2) is 30.8 Å². The van der Waals surface area contributed by atoms with Crippen molar-refractivity contribution in [3.05, 3.63) is 78.3 Å². The van der Waals surface area contributed by atoms with E-state index in [1.807, 2.05) is 6.92 Å². The summed E-state index contributed by atoms with van der Waals surface area (Å²) in [6, 6.07) is 17.0. The van der Waals surface area contributed by atoms with Gasteiger partial charge in [-0.2, -0.15) is 0 Å². The molecule has 0 bridgehead atoms. The molecule has 1 heterocycles. The van der Waals surface area contributed by atoms with Crippen molar-refractivity contribution in [1.29, 1.82) is 0 Å². The van der Waals surface area contributed by atoms with Gasteiger partial charge in [0.2, 0.25) is 5.91 Å². The van der Waals surface area contributed by atoms with Gasteiger partial charge in [0.05, 0.1) is 12.8 Å². The van der Waals surface area contributed by atoms with Crippen molar-refractivity contribution in [3.8, 4) is 0 Å². The van der Waals surface area contributed by atoms with Crippen LogP contribution in [0.5, 0.6) is 0 Å². The van der Waals surface area contributed by atoms with Crippen molar-refractivity contribution in [1.82, 2.24) is 5.32 Å². The maximum atomic E-state index is 12.3. The largest absolute Gasteiger partial charge is 0.459 e. The standard InChI is InChI=1S/C23H24N4O4/c1-2-11-24-22(29)16-6-3-7-17(13-16)25-15-21(28)26-18-8-4-9-19(14-18)27-23(30)20-10-5-12-31-20/h3-10,12-14,25H,2,11,15H2,1H3,(H,24,29)(H,26,28)(H,27,30). The number of hydrogen-bond acceptors (Lipinski definition) is 5. The Morgan fingerprint density at radius 1 is 0.839 bits per heavy atom. The Kier molecular flexibility index (Phi) is 7.42. The van der Waals surface area contributed by atoms with Gasteiger partial charge in [0.15, 0.2) is 5.76 Å². The Morgan fingerprint density at radius 2 is 1.58 bits per heavy atom. The van der Waals surface area contributed by atoms with Crippen molar-refractivity contribution in [2.45, 2.75) is 13.3 Å². The Hall–Kier alpha value is -4.07. The molecule has 0 aliphatic rings. The highest BCUT2D eigenvalue weighted by molar-refractivity contribution is 6.03. The SMILES string of the molecule is CCCNC(=O)c1cccc(NCC(=O)Nc2cccc(NC(=O)c3ccco3)c2)c1. The Balaban J connectivity index is 1.53. The quantitative estimate of drug-likeness (QED) is 0.421. The highest BCUT2D eigenvalue weighted by Gasteiger charge is 2.10. The van der Waals surface area contributed by atoms with Crippen LogP contribution in [0, 0.1) is 0 Å². The molecule has 0 atom stereocenters. The molecule has 0 unspecified atom stereocenters. The van der Waals surface area contributed by atoms with Crippen molar-refractivity contribution >= 4 is 34.8 Å². The fourth-order valence-electron chi connectivity index (χ4n) is 2.77. The zero-order chi connectivity index (χ0) is 22.1. The molecule has 8 heteroatoms. The number of carbonyl (C=O) groups excluding carboxylic acids is 3. The van der Waals surface area contributed by atoms with Gasteiger partial charge in [0.1, 0.15) is 0 Å². The molecule has 31 heavy (non-hydrogen) atoms. The van der Waals surface area contributed by atoms with Crippen LogP contribution in [0.4, 0.5) is 17.1 Å². The van der Waals surface area contributed by atoms with Gasteiger partial charge in [-0.25, -0.2) is 0 Å². The highest BCUT2D eigenvalue weighted by Crippen LogP contribution is 2.17. The van der Waals surface area contributed by atoms with Gasteiger partial charge in [0, 0.05) is 29.2 Å². The van der Waals surface area contributed by atoms with E-state index in [1.165, 1.54) is 6.26 Å². The first-order valence-electron chi connectivity index (χ1n) is 9.92. The molecule has 2 aromatic carbocycles. The zero-order valence-electron chi connectivity index (χ0n) is 17.1. The molecule has 0 saturated carbocycles. The van der Waals surface area contributed by atoms with Crippen LogP contribution < -0.4 is 21.3 Å². The lowest BCUT2D eigenvalue weighted by molar-refractivity contribution is -0.114. The van der Waals surface area contributed by atoms with Crippen LogP contribution in [0.2, 0.25) is 0 Å². The first kappa shape index (κ1) is 21.6. The third-order valence-corrected chi connectivity index (χ3v) is 4.26. The lowest BCUT2D eigenvalue weighted by atomic mass is 10.2. The molecule has 8 nitrogen and oxygen atoms in total. The van der Waals surface area contributed by atoms with Crippen LogP contribution in [0.1, 0.15) is 34.3 Å². The minimum absolute atomic E-state index is 0.0169. The predicted octanol–water partition coefficient (Wildman–Crippen LogP) is 3.72. The Labute approximate surface area is 180 Å². The summed E-state index contributed by atoms with van der Waals surface area (Å²) in [5.41, 5.74) is 2.26. The third-order valence-electron chi connectivity index (χ3n) is 4.26. The van der Waals surface area contributed by atoms with E-state index in [0.717, 1.165) is 6.42 Å². The minimum atomic E-state index is -0.377. The number of amides is 3. The smallest absolute Gasteiger partial charge is 0.291 e. The predicted molar refractivity (Wildman–Crippen MR) is 119 cm³/mol. The van der Waals surface area contributed by atoms with Crippen molar-refractivity contribution in [2.24, 2.45) is 0 Å². The summed E-state index contributed by atoms with van der Waals surface area (Å²) in [5, 5.41) is 11.3. The van der Waals surface area contributed by atoms with Gasteiger partial charge in [-0.05, 0) is 55.0 Å². The third kappa shape index (κ3) is 6.46. The van der Waals surface area contributed by atoms with Gasteiger partial charge in [-0.15, -0.1) is 0 Å². The molecule has 4 N–H and O–H groups in total. The van der Waals surface area contributed by atoms with E-state index in [1.54, 1.807) is 60.7 Å². The normalized spacial score (nSPS) is 10.2. The van der Waals surface area contributed by atoms with Gasteiger partial charge in [0.25, 0.3) is 11.8 Å². The molecule has 0 aliphatic carbocycles. The molecule has 1 aromatic heterocycles. The molecule has 0 radical (unpaired) electrons. The van der Waals surface area contributed by atoms with Gasteiger partial charge in [-0.3, -0.25) is 14.4 Å². The second-order valence-electron chi connectivity index (χ2n) is 6.75. The van der Waals surface area contributed by atoms with Gasteiger partial charge in [-0.1, -0.05) is 19.1 Å². The number of hydrogen-bond donors (Lipinski definition) is 4. The Morgan fingerprint density at radius 3 is 2.32 bits per heavy atom. The van der Waals surface area contributed by atoms with E-state index in [-0.39, 0.29) is 30.0 Å². The summed E-state index contributed by atoms with van der Waals surface area (Å²) in [6.07, 6.45) is 2.28. The average Bonchev–Trinajstić information content (AvgIpc) is 3.32. The molecule has 3 aromatic rings. The lowest BCUT2D eigenvalue weighted by Crippen LogP contribution is -2.24. The minimum Gasteiger partial charge on any atom is -0.459 e. The number of anilines is 3. The number of carbonyl (C=O) groups is 3. The molecule has 3 rings (SSSR count). The lowest BCUT2D eigenvalue weighted by Gasteiger charge is -2.10. The average molecular weight is 420 g/mol. The summed E-state index contributed by atoms with van der Waals surface area (Å²) in [5.74, 6) is -0.596. The fraction of sp³-hybridized carbons (Fsp3) is 0.174. The molecular weight excluding hydrogens is 396 g/mol. The summed E-state index contributed by atoms with van der Waals surface area (Å²) in [7, 11) is 0. The van der Waals surface area contributed by atoms with E-state index in [0.29, 0.717) is 29.2 Å². The molecular formula is C23H24N4O4. The first-order chi connectivity index (χ1) is 15.0. The second-order valence-corrected chi connectivity index (χ2v) is 6.75. The molecule has 0 spiro atoms. The van der Waals surface area contributed by atoms with E-state index in [2.05, 4.69) is 21.3 Å². The zero-order valence-corrected chi connectivity index (χ0v) is 17.1.